The predicted octanol–water partition coefficient (Wildman–Crippen LogP) is 1.55. The third-order valence-electron chi connectivity index (χ3n) is 3.31. The Morgan fingerprint density at radius 1 is 1.63 bits per heavy atom. The number of nitrogens with zero attached hydrogens (tertiary/aromatic N) is 1. The van der Waals surface area contributed by atoms with Gasteiger partial charge in [-0.3, -0.25) is 9.69 Å². The van der Waals surface area contributed by atoms with Crippen molar-refractivity contribution in [2.24, 2.45) is 5.73 Å². The van der Waals surface area contributed by atoms with Crippen molar-refractivity contribution in [1.29, 1.82) is 0 Å². The second-order valence-corrected chi connectivity index (χ2v) is 5.00. The van der Waals surface area contributed by atoms with Crippen LogP contribution in [0, 0.1) is 5.82 Å². The Morgan fingerprint density at radius 2 is 2.37 bits per heavy atom. The van der Waals surface area contributed by atoms with Crippen LogP contribution in [0.2, 0.25) is 5.02 Å². The molecule has 1 fully saturated rings. The molecule has 104 valence electrons. The molecule has 1 aromatic rings. The van der Waals surface area contributed by atoms with Crippen molar-refractivity contribution < 1.29 is 13.9 Å². The number of carbonyl (C=O) groups excluding carboxylic acids is 1. The summed E-state index contributed by atoms with van der Waals surface area (Å²) in [5, 5.41) is 0.349. The number of ether oxygens (including phenoxy) is 1. The Morgan fingerprint density at radius 3 is 3.00 bits per heavy atom. The van der Waals surface area contributed by atoms with Gasteiger partial charge in [0.05, 0.1) is 12.7 Å². The quantitative estimate of drug-likeness (QED) is 0.917. The summed E-state index contributed by atoms with van der Waals surface area (Å²) >= 11 is 6.00. The van der Waals surface area contributed by atoms with E-state index >= 15 is 0 Å². The van der Waals surface area contributed by atoms with Gasteiger partial charge >= 0.3 is 0 Å². The third kappa shape index (κ3) is 3.05. The molecule has 2 rings (SSSR count). The number of halogens is 2. The number of morpholine rings is 1. The fourth-order valence-corrected chi connectivity index (χ4v) is 2.58. The zero-order chi connectivity index (χ0) is 14.0. The highest BCUT2D eigenvalue weighted by atomic mass is 35.5. The molecule has 0 spiro atoms. The number of benzene rings is 1. The number of primary amides is 1. The molecule has 1 aliphatic rings. The first-order valence-electron chi connectivity index (χ1n) is 6.08. The van der Waals surface area contributed by atoms with Gasteiger partial charge < -0.3 is 10.5 Å². The van der Waals surface area contributed by atoms with Gasteiger partial charge in [-0.1, -0.05) is 17.7 Å². The van der Waals surface area contributed by atoms with Crippen LogP contribution in [0.15, 0.2) is 18.2 Å². The van der Waals surface area contributed by atoms with Crippen molar-refractivity contribution in [2.45, 2.75) is 25.6 Å². The molecule has 4 nitrogen and oxygen atoms in total. The first kappa shape index (κ1) is 14.2. The van der Waals surface area contributed by atoms with Gasteiger partial charge in [-0.25, -0.2) is 4.39 Å². The fourth-order valence-electron chi connectivity index (χ4n) is 2.36. The molecule has 1 aliphatic heterocycles. The number of hydrogen-bond acceptors (Lipinski definition) is 3. The summed E-state index contributed by atoms with van der Waals surface area (Å²) in [4.78, 5) is 13.3. The molecule has 0 radical (unpaired) electrons. The van der Waals surface area contributed by atoms with Gasteiger partial charge in [0.25, 0.3) is 0 Å². The molecular weight excluding hydrogens is 271 g/mol. The van der Waals surface area contributed by atoms with Crippen LogP contribution in [-0.2, 0) is 16.1 Å². The maximum atomic E-state index is 13.8. The number of carbonyl (C=O) groups is 1. The zero-order valence-corrected chi connectivity index (χ0v) is 11.4. The van der Waals surface area contributed by atoms with E-state index in [9.17, 15) is 9.18 Å². The van der Waals surface area contributed by atoms with E-state index in [0.29, 0.717) is 23.7 Å². The summed E-state index contributed by atoms with van der Waals surface area (Å²) in [7, 11) is 0. The van der Waals surface area contributed by atoms with E-state index in [2.05, 4.69) is 0 Å². The number of amides is 1. The zero-order valence-electron chi connectivity index (χ0n) is 10.6. The van der Waals surface area contributed by atoms with Gasteiger partial charge in [0.15, 0.2) is 0 Å². The van der Waals surface area contributed by atoms with Crippen molar-refractivity contribution in [3.05, 3.63) is 34.6 Å². The molecule has 1 aromatic carbocycles. The van der Waals surface area contributed by atoms with Crippen LogP contribution in [0.4, 0.5) is 4.39 Å². The van der Waals surface area contributed by atoms with E-state index in [1.165, 1.54) is 6.07 Å². The molecule has 2 N–H and O–H groups in total. The van der Waals surface area contributed by atoms with Crippen molar-refractivity contribution >= 4 is 17.5 Å². The van der Waals surface area contributed by atoms with Crippen LogP contribution in [-0.4, -0.2) is 36.1 Å². The molecule has 1 amide bonds. The Hall–Kier alpha value is -1.17. The van der Waals surface area contributed by atoms with Crippen LogP contribution in [0.25, 0.3) is 0 Å². The monoisotopic (exact) mass is 286 g/mol. The molecule has 0 aliphatic carbocycles. The molecule has 0 aromatic heterocycles. The van der Waals surface area contributed by atoms with Crippen LogP contribution in [0.3, 0.4) is 0 Å². The lowest BCUT2D eigenvalue weighted by Crippen LogP contribution is -2.56. The summed E-state index contributed by atoms with van der Waals surface area (Å²) in [6.45, 7) is 3.02. The highest BCUT2D eigenvalue weighted by Crippen LogP contribution is 2.24. The topological polar surface area (TPSA) is 55.6 Å². The van der Waals surface area contributed by atoms with Gasteiger partial charge in [-0.2, -0.15) is 0 Å². The predicted molar refractivity (Wildman–Crippen MR) is 70.2 cm³/mol. The van der Waals surface area contributed by atoms with E-state index < -0.39 is 11.9 Å². The minimum absolute atomic E-state index is 0.243. The maximum Gasteiger partial charge on any atom is 0.237 e. The van der Waals surface area contributed by atoms with Crippen LogP contribution in [0.1, 0.15) is 12.5 Å². The number of rotatable bonds is 3. The minimum Gasteiger partial charge on any atom is -0.375 e. The summed E-state index contributed by atoms with van der Waals surface area (Å²) in [6.07, 6.45) is -0.309. The highest BCUT2D eigenvalue weighted by molar-refractivity contribution is 6.31. The lowest BCUT2D eigenvalue weighted by atomic mass is 10.1. The molecule has 0 bridgehead atoms. The standard InChI is InChI=1S/C13H16ClFN2O2/c1-8-12(13(16)18)17(5-6-19-8)7-9-10(14)3-2-4-11(9)15/h2-4,8,12H,5-7H2,1H3,(H2,16,18)/t8-,12+/m1/s1. The normalized spacial score (nSPS) is 24.4. The molecule has 1 heterocycles. The SMILES string of the molecule is C[C@H]1OCCN(Cc2c(F)cccc2Cl)[C@@H]1C(N)=O. The summed E-state index contributed by atoms with van der Waals surface area (Å²) in [5.41, 5.74) is 5.77. The van der Waals surface area contributed by atoms with Crippen molar-refractivity contribution in [3.8, 4) is 0 Å². The van der Waals surface area contributed by atoms with Crippen LogP contribution < -0.4 is 5.73 Å². The number of nitrogens with two attached hydrogens (primary N) is 1. The fraction of sp³-hybridized carbons (Fsp3) is 0.462. The second kappa shape index (κ2) is 5.86. The number of hydrogen-bond donors (Lipinski definition) is 1. The summed E-state index contributed by atoms with van der Waals surface area (Å²) in [6, 6.07) is 3.96. The van der Waals surface area contributed by atoms with Gasteiger partial charge in [0, 0.05) is 23.7 Å². The van der Waals surface area contributed by atoms with E-state index in [4.69, 9.17) is 22.1 Å². The second-order valence-electron chi connectivity index (χ2n) is 4.59. The molecule has 0 unspecified atom stereocenters. The Labute approximate surface area is 116 Å². The van der Waals surface area contributed by atoms with E-state index in [1.807, 2.05) is 0 Å². The molecular formula is C13H16ClFN2O2. The summed E-state index contributed by atoms with van der Waals surface area (Å²) < 4.78 is 19.2. The first-order chi connectivity index (χ1) is 9.00. The van der Waals surface area contributed by atoms with Gasteiger partial charge in [0.1, 0.15) is 11.9 Å². The molecule has 2 atom stereocenters. The lowest BCUT2D eigenvalue weighted by molar-refractivity contribution is -0.136. The van der Waals surface area contributed by atoms with Gasteiger partial charge in [0.2, 0.25) is 5.91 Å². The third-order valence-corrected chi connectivity index (χ3v) is 3.67. The van der Waals surface area contributed by atoms with Gasteiger partial charge in [-0.05, 0) is 19.1 Å². The molecule has 0 saturated carbocycles. The van der Waals surface area contributed by atoms with Crippen molar-refractivity contribution in [2.75, 3.05) is 13.2 Å². The van der Waals surface area contributed by atoms with E-state index in [0.717, 1.165) is 0 Å². The first-order valence-corrected chi connectivity index (χ1v) is 6.46. The van der Waals surface area contributed by atoms with E-state index in [1.54, 1.807) is 24.0 Å². The average Bonchev–Trinajstić information content (AvgIpc) is 2.33. The largest absolute Gasteiger partial charge is 0.375 e. The van der Waals surface area contributed by atoms with Gasteiger partial charge in [-0.15, -0.1) is 0 Å². The Balaban J connectivity index is 2.23. The average molecular weight is 287 g/mol. The van der Waals surface area contributed by atoms with Crippen LogP contribution >= 0.6 is 11.6 Å². The smallest absolute Gasteiger partial charge is 0.237 e. The molecule has 1 saturated heterocycles. The van der Waals surface area contributed by atoms with Crippen LogP contribution in [0.5, 0.6) is 0 Å². The minimum atomic E-state index is -0.565. The maximum absolute atomic E-state index is 13.8. The van der Waals surface area contributed by atoms with E-state index in [-0.39, 0.29) is 18.5 Å². The molecule has 6 heteroatoms. The summed E-state index contributed by atoms with van der Waals surface area (Å²) in [5.74, 6) is -0.852. The van der Waals surface area contributed by atoms with Crippen molar-refractivity contribution in [3.63, 3.8) is 0 Å². The molecule has 19 heavy (non-hydrogen) atoms. The highest BCUT2D eigenvalue weighted by Gasteiger charge is 2.34. The Kier molecular flexibility index (Phi) is 4.39. The Bertz CT molecular complexity index is 463. The lowest BCUT2D eigenvalue weighted by Gasteiger charge is -2.38. The van der Waals surface area contributed by atoms with Crippen molar-refractivity contribution in [1.82, 2.24) is 4.90 Å².